The van der Waals surface area contributed by atoms with Gasteiger partial charge in [0.05, 0.1) is 0 Å². The zero-order chi connectivity index (χ0) is 21.1. The molecule has 0 saturated carbocycles. The van der Waals surface area contributed by atoms with Crippen molar-refractivity contribution in [3.8, 4) is 11.5 Å². The molecule has 30 heavy (non-hydrogen) atoms. The van der Waals surface area contributed by atoms with E-state index in [0.29, 0.717) is 17.2 Å². The molecule has 1 aliphatic rings. The van der Waals surface area contributed by atoms with Gasteiger partial charge in [-0.2, -0.15) is 0 Å². The minimum Gasteiger partial charge on any atom is -0.457 e. The molecular formula is C25H23NO4. The van der Waals surface area contributed by atoms with Crippen LogP contribution < -0.4 is 10.1 Å². The first-order chi connectivity index (χ1) is 14.6. The van der Waals surface area contributed by atoms with E-state index in [1.807, 2.05) is 72.8 Å². The molecule has 0 aromatic heterocycles. The molecule has 0 radical (unpaired) electrons. The number of benzene rings is 3. The van der Waals surface area contributed by atoms with E-state index in [2.05, 4.69) is 12.2 Å². The normalized spacial score (nSPS) is 13.4. The second-order valence-electron chi connectivity index (χ2n) is 7.23. The van der Waals surface area contributed by atoms with E-state index in [0.717, 1.165) is 17.5 Å². The number of esters is 1. The van der Waals surface area contributed by atoms with Crippen LogP contribution in [-0.4, -0.2) is 18.0 Å². The molecule has 0 saturated heterocycles. The highest BCUT2D eigenvalue weighted by Crippen LogP contribution is 2.44. The molecular weight excluding hydrogens is 378 g/mol. The fraction of sp³-hybridized carbons (Fsp3) is 0.200. The molecule has 1 atom stereocenters. The fourth-order valence-corrected chi connectivity index (χ4v) is 3.53. The molecule has 5 heteroatoms. The standard InChI is InChI=1S/C25H23NO4/c1-3-17-12-14-18(15-13-17)26-24(27)16(2)29-25(28)23-19-8-4-6-10-21(19)30-22-11-7-5-9-20(22)23/h4-16,23H,3H2,1-2H3,(H,26,27). The smallest absolute Gasteiger partial charge is 0.318 e. The summed E-state index contributed by atoms with van der Waals surface area (Å²) in [7, 11) is 0. The van der Waals surface area contributed by atoms with Crippen LogP contribution in [0.4, 0.5) is 5.69 Å². The third-order valence-electron chi connectivity index (χ3n) is 5.21. The zero-order valence-electron chi connectivity index (χ0n) is 16.9. The zero-order valence-corrected chi connectivity index (χ0v) is 16.9. The van der Waals surface area contributed by atoms with Crippen molar-refractivity contribution in [1.82, 2.24) is 0 Å². The maximum Gasteiger partial charge on any atom is 0.318 e. The van der Waals surface area contributed by atoms with Gasteiger partial charge in [0.1, 0.15) is 17.4 Å². The van der Waals surface area contributed by atoms with Gasteiger partial charge in [-0.15, -0.1) is 0 Å². The van der Waals surface area contributed by atoms with E-state index >= 15 is 0 Å². The number of carbonyl (C=O) groups excluding carboxylic acids is 2. The number of anilines is 1. The molecule has 4 rings (SSSR count). The lowest BCUT2D eigenvalue weighted by Gasteiger charge is -2.27. The Morgan fingerprint density at radius 3 is 2.07 bits per heavy atom. The lowest BCUT2D eigenvalue weighted by Crippen LogP contribution is -2.32. The van der Waals surface area contributed by atoms with Crippen molar-refractivity contribution in [3.05, 3.63) is 89.5 Å². The van der Waals surface area contributed by atoms with Crippen LogP contribution in [0.3, 0.4) is 0 Å². The van der Waals surface area contributed by atoms with Crippen molar-refractivity contribution < 1.29 is 19.1 Å². The summed E-state index contributed by atoms with van der Waals surface area (Å²) in [5.41, 5.74) is 3.30. The van der Waals surface area contributed by atoms with Crippen LogP contribution in [0.2, 0.25) is 0 Å². The Kier molecular flexibility index (Phi) is 5.53. The third-order valence-corrected chi connectivity index (χ3v) is 5.21. The number of carbonyl (C=O) groups is 2. The highest BCUT2D eigenvalue weighted by molar-refractivity contribution is 5.96. The lowest BCUT2D eigenvalue weighted by molar-refractivity contribution is -0.153. The van der Waals surface area contributed by atoms with Crippen molar-refractivity contribution in [2.24, 2.45) is 0 Å². The number of aryl methyl sites for hydroxylation is 1. The monoisotopic (exact) mass is 401 g/mol. The summed E-state index contributed by atoms with van der Waals surface area (Å²) in [4.78, 5) is 25.7. The average Bonchev–Trinajstić information content (AvgIpc) is 2.77. The second-order valence-corrected chi connectivity index (χ2v) is 7.23. The van der Waals surface area contributed by atoms with Crippen molar-refractivity contribution in [2.75, 3.05) is 5.32 Å². The van der Waals surface area contributed by atoms with Gasteiger partial charge in [-0.05, 0) is 43.2 Å². The molecule has 1 unspecified atom stereocenters. The number of fused-ring (bicyclic) bond motifs is 2. The molecule has 0 fully saturated rings. The number of amides is 1. The summed E-state index contributed by atoms with van der Waals surface area (Å²) in [6, 6.07) is 22.4. The van der Waals surface area contributed by atoms with Crippen molar-refractivity contribution >= 4 is 17.6 Å². The molecule has 0 bridgehead atoms. The number of ether oxygens (including phenoxy) is 2. The van der Waals surface area contributed by atoms with Crippen LogP contribution in [0, 0.1) is 0 Å². The molecule has 1 heterocycles. The van der Waals surface area contributed by atoms with Crippen LogP contribution in [-0.2, 0) is 20.7 Å². The van der Waals surface area contributed by atoms with Gasteiger partial charge in [-0.3, -0.25) is 9.59 Å². The summed E-state index contributed by atoms with van der Waals surface area (Å²) < 4.78 is 11.5. The summed E-state index contributed by atoms with van der Waals surface area (Å²) in [5.74, 6) is -0.272. The third kappa shape index (κ3) is 3.92. The van der Waals surface area contributed by atoms with E-state index < -0.39 is 18.0 Å². The maximum atomic E-state index is 13.1. The molecule has 1 N–H and O–H groups in total. The first-order valence-corrected chi connectivity index (χ1v) is 10.0. The molecule has 1 amide bonds. The van der Waals surface area contributed by atoms with Gasteiger partial charge in [0.15, 0.2) is 6.10 Å². The molecule has 3 aromatic carbocycles. The van der Waals surface area contributed by atoms with Crippen LogP contribution >= 0.6 is 0 Å². The SMILES string of the molecule is CCc1ccc(NC(=O)C(C)OC(=O)C2c3ccccc3Oc3ccccc32)cc1. The molecule has 152 valence electrons. The molecule has 0 spiro atoms. The van der Waals surface area contributed by atoms with Gasteiger partial charge >= 0.3 is 5.97 Å². The van der Waals surface area contributed by atoms with Crippen molar-refractivity contribution in [2.45, 2.75) is 32.3 Å². The Morgan fingerprint density at radius 2 is 1.50 bits per heavy atom. The highest BCUT2D eigenvalue weighted by atomic mass is 16.5. The van der Waals surface area contributed by atoms with Crippen molar-refractivity contribution in [3.63, 3.8) is 0 Å². The predicted molar refractivity (Wildman–Crippen MR) is 115 cm³/mol. The summed E-state index contributed by atoms with van der Waals surface area (Å²) in [5, 5.41) is 2.80. The Balaban J connectivity index is 1.51. The van der Waals surface area contributed by atoms with Crippen molar-refractivity contribution in [1.29, 1.82) is 0 Å². The van der Waals surface area contributed by atoms with Gasteiger partial charge in [0.2, 0.25) is 0 Å². The summed E-state index contributed by atoms with van der Waals surface area (Å²) in [6.07, 6.45) is -0.0125. The van der Waals surface area contributed by atoms with Gasteiger partial charge in [0.25, 0.3) is 5.91 Å². The first kappa shape index (κ1) is 19.7. The quantitative estimate of drug-likeness (QED) is 0.607. The summed E-state index contributed by atoms with van der Waals surface area (Å²) >= 11 is 0. The Morgan fingerprint density at radius 1 is 0.933 bits per heavy atom. The molecule has 0 aliphatic carbocycles. The number of hydrogen-bond donors (Lipinski definition) is 1. The minimum absolute atomic E-state index is 0.374. The van der Waals surface area contributed by atoms with E-state index in [1.165, 1.54) is 5.56 Å². The average molecular weight is 401 g/mol. The second kappa shape index (κ2) is 8.41. The number of nitrogens with one attached hydrogen (secondary N) is 1. The Bertz CT molecular complexity index is 1030. The topological polar surface area (TPSA) is 64.6 Å². The van der Waals surface area contributed by atoms with Crippen LogP contribution in [0.15, 0.2) is 72.8 Å². The maximum absolute atomic E-state index is 13.1. The summed E-state index contributed by atoms with van der Waals surface area (Å²) in [6.45, 7) is 3.65. The molecule has 1 aliphatic heterocycles. The van der Waals surface area contributed by atoms with E-state index in [-0.39, 0.29) is 5.91 Å². The van der Waals surface area contributed by atoms with Gasteiger partial charge in [-0.25, -0.2) is 0 Å². The van der Waals surface area contributed by atoms with Crippen LogP contribution in [0.25, 0.3) is 0 Å². The van der Waals surface area contributed by atoms with Gasteiger partial charge < -0.3 is 14.8 Å². The van der Waals surface area contributed by atoms with Gasteiger partial charge in [0, 0.05) is 16.8 Å². The largest absolute Gasteiger partial charge is 0.457 e. The van der Waals surface area contributed by atoms with Crippen LogP contribution in [0.1, 0.15) is 36.5 Å². The number of hydrogen-bond acceptors (Lipinski definition) is 4. The minimum atomic E-state index is -0.939. The fourth-order valence-electron chi connectivity index (χ4n) is 3.53. The highest BCUT2D eigenvalue weighted by Gasteiger charge is 2.35. The molecule has 5 nitrogen and oxygen atoms in total. The molecule has 3 aromatic rings. The Hall–Kier alpha value is -3.60. The Labute approximate surface area is 175 Å². The number of para-hydroxylation sites is 2. The van der Waals surface area contributed by atoms with E-state index in [1.54, 1.807) is 6.92 Å². The van der Waals surface area contributed by atoms with Gasteiger partial charge in [-0.1, -0.05) is 55.5 Å². The van der Waals surface area contributed by atoms with E-state index in [4.69, 9.17) is 9.47 Å². The van der Waals surface area contributed by atoms with E-state index in [9.17, 15) is 9.59 Å². The van der Waals surface area contributed by atoms with Crippen LogP contribution in [0.5, 0.6) is 11.5 Å². The lowest BCUT2D eigenvalue weighted by atomic mass is 9.88. The first-order valence-electron chi connectivity index (χ1n) is 10.0. The predicted octanol–water partition coefficient (Wildman–Crippen LogP) is 5.06. The number of rotatable bonds is 5.